The van der Waals surface area contributed by atoms with Gasteiger partial charge < -0.3 is 10.6 Å². The molecule has 0 spiro atoms. The van der Waals surface area contributed by atoms with Crippen molar-refractivity contribution in [3.63, 3.8) is 0 Å². The molecule has 0 aliphatic heterocycles. The maximum Gasteiger partial charge on any atom is 0.240 e. The number of aryl methyl sites for hydroxylation is 1. The van der Waals surface area contributed by atoms with Gasteiger partial charge in [-0.1, -0.05) is 6.07 Å². The van der Waals surface area contributed by atoms with Crippen LogP contribution in [-0.2, 0) is 14.6 Å². The van der Waals surface area contributed by atoms with Crippen LogP contribution >= 0.6 is 0 Å². The maximum absolute atomic E-state index is 12.3. The molecule has 100 valence electrons. The van der Waals surface area contributed by atoms with Crippen LogP contribution in [0.5, 0.6) is 0 Å². The third-order valence-corrected chi connectivity index (χ3v) is 4.83. The monoisotopic (exact) mass is 270 g/mol. The number of nitrogens with zero attached hydrogens (tertiary/aromatic N) is 1. The van der Waals surface area contributed by atoms with Crippen molar-refractivity contribution < 1.29 is 13.2 Å². The largest absolute Gasteiger partial charge is 0.398 e. The predicted molar refractivity (Wildman–Crippen MR) is 70.9 cm³/mol. The molecule has 6 heteroatoms. The minimum atomic E-state index is -3.75. The topological polar surface area (TPSA) is 80.5 Å². The number of hydrogen-bond acceptors (Lipinski definition) is 4. The number of carbonyl (C=O) groups is 1. The molecule has 0 saturated heterocycles. The molecule has 0 aliphatic rings. The Hall–Kier alpha value is -1.56. The van der Waals surface area contributed by atoms with E-state index in [-0.39, 0.29) is 10.6 Å². The van der Waals surface area contributed by atoms with Crippen LogP contribution in [-0.4, -0.2) is 38.6 Å². The minimum Gasteiger partial charge on any atom is -0.398 e. The van der Waals surface area contributed by atoms with E-state index < -0.39 is 21.0 Å². The van der Waals surface area contributed by atoms with Gasteiger partial charge in [0.05, 0.1) is 10.6 Å². The Bertz CT molecular complexity index is 565. The van der Waals surface area contributed by atoms with E-state index in [4.69, 9.17) is 5.73 Å². The van der Waals surface area contributed by atoms with Crippen molar-refractivity contribution >= 4 is 21.4 Å². The van der Waals surface area contributed by atoms with E-state index in [2.05, 4.69) is 0 Å². The summed E-state index contributed by atoms with van der Waals surface area (Å²) in [6, 6.07) is 4.76. The highest BCUT2D eigenvalue weighted by atomic mass is 32.2. The second-order valence-electron chi connectivity index (χ2n) is 4.46. The number of rotatable bonds is 3. The molecule has 0 aliphatic carbocycles. The summed E-state index contributed by atoms with van der Waals surface area (Å²) in [6.07, 6.45) is 0. The molecular weight excluding hydrogens is 252 g/mol. The van der Waals surface area contributed by atoms with Gasteiger partial charge in [-0.25, -0.2) is 8.42 Å². The van der Waals surface area contributed by atoms with E-state index in [1.165, 1.54) is 38.1 Å². The first-order chi connectivity index (χ1) is 8.17. The van der Waals surface area contributed by atoms with Gasteiger partial charge >= 0.3 is 0 Å². The Morgan fingerprint density at radius 1 is 1.33 bits per heavy atom. The lowest BCUT2D eigenvalue weighted by Crippen LogP contribution is -2.37. The standard InChI is InChI=1S/C12H18N2O3S/c1-8-5-6-10(13)11(7-8)18(16,17)9(2)12(15)14(3)4/h5-7,9H,13H2,1-4H3. The van der Waals surface area contributed by atoms with Crippen LogP contribution in [0.3, 0.4) is 0 Å². The van der Waals surface area contributed by atoms with Crippen LogP contribution in [0, 0.1) is 6.92 Å². The summed E-state index contributed by atoms with van der Waals surface area (Å²) in [5.41, 5.74) is 6.64. The van der Waals surface area contributed by atoms with Gasteiger partial charge in [0.25, 0.3) is 0 Å². The molecule has 0 aromatic heterocycles. The Balaban J connectivity index is 3.30. The van der Waals surface area contributed by atoms with Crippen LogP contribution in [0.25, 0.3) is 0 Å². The lowest BCUT2D eigenvalue weighted by Gasteiger charge is -2.18. The molecule has 0 heterocycles. The lowest BCUT2D eigenvalue weighted by molar-refractivity contribution is -0.127. The smallest absolute Gasteiger partial charge is 0.240 e. The number of amides is 1. The summed E-state index contributed by atoms with van der Waals surface area (Å²) in [7, 11) is -0.709. The molecule has 1 atom stereocenters. The number of nitrogens with two attached hydrogens (primary N) is 1. The molecule has 0 fully saturated rings. The summed E-state index contributed by atoms with van der Waals surface area (Å²) in [5.74, 6) is -0.462. The van der Waals surface area contributed by atoms with Gasteiger partial charge in [0.1, 0.15) is 5.25 Å². The van der Waals surface area contributed by atoms with Gasteiger partial charge in [0.2, 0.25) is 5.91 Å². The zero-order valence-electron chi connectivity index (χ0n) is 11.0. The predicted octanol–water partition coefficient (Wildman–Crippen LogP) is 0.828. The minimum absolute atomic E-state index is 0.0187. The van der Waals surface area contributed by atoms with Gasteiger partial charge in [-0.05, 0) is 31.5 Å². The van der Waals surface area contributed by atoms with Gasteiger partial charge in [-0.3, -0.25) is 4.79 Å². The Morgan fingerprint density at radius 2 is 1.89 bits per heavy atom. The highest BCUT2D eigenvalue weighted by molar-refractivity contribution is 7.93. The number of nitrogen functional groups attached to an aromatic ring is 1. The molecule has 1 aromatic carbocycles. The summed E-state index contributed by atoms with van der Waals surface area (Å²) in [4.78, 5) is 13.0. The maximum atomic E-state index is 12.3. The molecule has 0 saturated carbocycles. The average Bonchev–Trinajstić information content (AvgIpc) is 2.29. The number of sulfone groups is 1. The third-order valence-electron chi connectivity index (χ3n) is 2.73. The Kier molecular flexibility index (Phi) is 4.01. The lowest BCUT2D eigenvalue weighted by atomic mass is 10.2. The van der Waals surface area contributed by atoms with E-state index in [0.717, 1.165) is 5.56 Å². The van der Waals surface area contributed by atoms with Crippen molar-refractivity contribution in [1.29, 1.82) is 0 Å². The van der Waals surface area contributed by atoms with E-state index >= 15 is 0 Å². The molecule has 1 amide bonds. The highest BCUT2D eigenvalue weighted by Crippen LogP contribution is 2.24. The van der Waals surface area contributed by atoms with Gasteiger partial charge in [0, 0.05) is 14.1 Å². The van der Waals surface area contributed by atoms with E-state index in [0.29, 0.717) is 0 Å². The Morgan fingerprint density at radius 3 is 2.39 bits per heavy atom. The SMILES string of the molecule is Cc1ccc(N)c(S(=O)(=O)C(C)C(=O)N(C)C)c1. The molecule has 1 aromatic rings. The first-order valence-electron chi connectivity index (χ1n) is 5.49. The quantitative estimate of drug-likeness (QED) is 0.825. The van der Waals surface area contributed by atoms with E-state index in [1.807, 2.05) is 0 Å². The number of benzene rings is 1. The van der Waals surface area contributed by atoms with Gasteiger partial charge in [-0.2, -0.15) is 0 Å². The van der Waals surface area contributed by atoms with E-state index in [9.17, 15) is 13.2 Å². The second kappa shape index (κ2) is 4.97. The van der Waals surface area contributed by atoms with Crippen LogP contribution in [0.15, 0.2) is 23.1 Å². The fraction of sp³-hybridized carbons (Fsp3) is 0.417. The van der Waals surface area contributed by atoms with Crippen molar-refractivity contribution in [3.05, 3.63) is 23.8 Å². The third kappa shape index (κ3) is 2.64. The van der Waals surface area contributed by atoms with Crippen molar-refractivity contribution in [1.82, 2.24) is 4.90 Å². The number of hydrogen-bond donors (Lipinski definition) is 1. The van der Waals surface area contributed by atoms with Crippen molar-refractivity contribution in [3.8, 4) is 0 Å². The molecule has 18 heavy (non-hydrogen) atoms. The molecule has 0 radical (unpaired) electrons. The summed E-state index contributed by atoms with van der Waals surface area (Å²) < 4.78 is 24.6. The van der Waals surface area contributed by atoms with Gasteiger partial charge in [-0.15, -0.1) is 0 Å². The zero-order chi connectivity index (χ0) is 14.1. The molecule has 5 nitrogen and oxygen atoms in total. The fourth-order valence-electron chi connectivity index (χ4n) is 1.57. The zero-order valence-corrected chi connectivity index (χ0v) is 11.8. The normalized spacial score (nSPS) is 13.1. The molecule has 1 rings (SSSR count). The van der Waals surface area contributed by atoms with Gasteiger partial charge in [0.15, 0.2) is 9.84 Å². The molecule has 1 unspecified atom stereocenters. The van der Waals surface area contributed by atoms with Crippen LogP contribution in [0.4, 0.5) is 5.69 Å². The average molecular weight is 270 g/mol. The summed E-state index contributed by atoms with van der Waals surface area (Å²) >= 11 is 0. The summed E-state index contributed by atoms with van der Waals surface area (Å²) in [6.45, 7) is 3.15. The van der Waals surface area contributed by atoms with E-state index in [1.54, 1.807) is 13.0 Å². The van der Waals surface area contributed by atoms with Crippen LogP contribution in [0.1, 0.15) is 12.5 Å². The first-order valence-corrected chi connectivity index (χ1v) is 7.03. The first kappa shape index (κ1) is 14.5. The molecule has 2 N–H and O–H groups in total. The van der Waals surface area contributed by atoms with Crippen molar-refractivity contribution in [2.24, 2.45) is 0 Å². The number of carbonyl (C=O) groups excluding carboxylic acids is 1. The van der Waals surface area contributed by atoms with Crippen LogP contribution < -0.4 is 5.73 Å². The van der Waals surface area contributed by atoms with Crippen molar-refractivity contribution in [2.45, 2.75) is 24.0 Å². The fourth-order valence-corrected chi connectivity index (χ4v) is 3.18. The van der Waals surface area contributed by atoms with Crippen molar-refractivity contribution in [2.75, 3.05) is 19.8 Å². The number of anilines is 1. The summed E-state index contributed by atoms with van der Waals surface area (Å²) in [5, 5.41) is -1.14. The molecule has 0 bridgehead atoms. The second-order valence-corrected chi connectivity index (χ2v) is 6.70. The van der Waals surface area contributed by atoms with Crippen LogP contribution in [0.2, 0.25) is 0 Å². The Labute approximate surface area is 108 Å². The molecular formula is C12H18N2O3S. The highest BCUT2D eigenvalue weighted by Gasteiger charge is 2.32.